The average molecular weight is 549 g/mol. The van der Waals surface area contributed by atoms with Crippen molar-refractivity contribution in [3.8, 4) is 11.5 Å². The Hall–Kier alpha value is -2.64. The third kappa shape index (κ3) is 6.14. The van der Waals surface area contributed by atoms with E-state index in [1.54, 1.807) is 48.5 Å². The Morgan fingerprint density at radius 2 is 1.69 bits per heavy atom. The second kappa shape index (κ2) is 11.4. The number of nitrogens with zero attached hydrogens (tertiary/aromatic N) is 1. The van der Waals surface area contributed by atoms with E-state index in [2.05, 4.69) is 0 Å². The van der Waals surface area contributed by atoms with Gasteiger partial charge >= 0.3 is 0 Å². The van der Waals surface area contributed by atoms with Gasteiger partial charge in [-0.2, -0.15) is 0 Å². The van der Waals surface area contributed by atoms with Gasteiger partial charge in [-0.1, -0.05) is 65.1 Å². The highest BCUT2D eigenvalue weighted by atomic mass is 35.5. The maximum atomic E-state index is 13.0. The highest BCUT2D eigenvalue weighted by Gasteiger charge is 2.35. The van der Waals surface area contributed by atoms with Crippen molar-refractivity contribution in [2.45, 2.75) is 20.1 Å². The third-order valence-electron chi connectivity index (χ3n) is 5.09. The molecule has 0 aromatic heterocycles. The van der Waals surface area contributed by atoms with E-state index < -0.39 is 5.91 Å². The van der Waals surface area contributed by atoms with E-state index in [0.29, 0.717) is 44.3 Å². The molecule has 0 N–H and O–H groups in total. The van der Waals surface area contributed by atoms with Crippen LogP contribution in [0, 0.1) is 0 Å². The molecule has 0 spiro atoms. The molecule has 1 aliphatic heterocycles. The van der Waals surface area contributed by atoms with Crippen LogP contribution in [0.2, 0.25) is 15.1 Å². The molecule has 0 radical (unpaired) electrons. The SMILES string of the molecule is CCOc1cc(/C=C2\SC(=O)N(Cc3ccccc3Cl)C2=O)cc(Cl)c1OCc1ccc(Cl)cc1. The van der Waals surface area contributed by atoms with Gasteiger partial charge in [-0.15, -0.1) is 0 Å². The van der Waals surface area contributed by atoms with Gasteiger partial charge in [0.05, 0.1) is 23.1 Å². The summed E-state index contributed by atoms with van der Waals surface area (Å²) in [5.41, 5.74) is 2.23. The molecule has 3 aromatic carbocycles. The van der Waals surface area contributed by atoms with Gasteiger partial charge in [0.15, 0.2) is 11.5 Å². The van der Waals surface area contributed by atoms with Crippen LogP contribution in [0.5, 0.6) is 11.5 Å². The molecule has 0 bridgehead atoms. The summed E-state index contributed by atoms with van der Waals surface area (Å²) in [6.45, 7) is 2.62. The first kappa shape index (κ1) is 25.5. The maximum absolute atomic E-state index is 13.0. The molecule has 180 valence electrons. The minimum atomic E-state index is -0.392. The van der Waals surface area contributed by atoms with Crippen LogP contribution in [0.15, 0.2) is 65.6 Å². The highest BCUT2D eigenvalue weighted by Crippen LogP contribution is 2.40. The van der Waals surface area contributed by atoms with Crippen molar-refractivity contribution < 1.29 is 19.1 Å². The number of amides is 2. The Labute approximate surface area is 222 Å². The molecule has 1 heterocycles. The fraction of sp³-hybridized carbons (Fsp3) is 0.154. The quantitative estimate of drug-likeness (QED) is 0.268. The highest BCUT2D eigenvalue weighted by molar-refractivity contribution is 8.18. The van der Waals surface area contributed by atoms with Crippen LogP contribution in [0.4, 0.5) is 4.79 Å². The standard InChI is InChI=1S/C26H20Cl3NO4S/c1-2-33-22-12-17(11-21(29)24(22)34-15-16-7-9-19(27)10-8-16)13-23-25(31)30(26(32)35-23)14-18-5-3-4-6-20(18)28/h3-13H,2,14-15H2,1H3/b23-13-. The summed E-state index contributed by atoms with van der Waals surface area (Å²) in [6, 6.07) is 17.8. The second-order valence-corrected chi connectivity index (χ2v) is 9.78. The van der Waals surface area contributed by atoms with E-state index in [1.165, 1.54) is 4.90 Å². The first-order chi connectivity index (χ1) is 16.9. The zero-order chi connectivity index (χ0) is 24.9. The summed E-state index contributed by atoms with van der Waals surface area (Å²) in [5, 5.41) is 1.10. The van der Waals surface area contributed by atoms with Crippen molar-refractivity contribution in [1.82, 2.24) is 4.90 Å². The Morgan fingerprint density at radius 3 is 2.40 bits per heavy atom. The maximum Gasteiger partial charge on any atom is 0.293 e. The van der Waals surface area contributed by atoms with Crippen LogP contribution < -0.4 is 9.47 Å². The number of hydrogen-bond donors (Lipinski definition) is 0. The Morgan fingerprint density at radius 1 is 0.943 bits per heavy atom. The number of thioether (sulfide) groups is 1. The van der Waals surface area contributed by atoms with E-state index in [9.17, 15) is 9.59 Å². The Kier molecular flexibility index (Phi) is 8.29. The molecule has 0 saturated carbocycles. The molecule has 5 nitrogen and oxygen atoms in total. The minimum Gasteiger partial charge on any atom is -0.490 e. The van der Waals surface area contributed by atoms with Crippen molar-refractivity contribution in [3.05, 3.63) is 97.3 Å². The summed E-state index contributed by atoms with van der Waals surface area (Å²) in [4.78, 5) is 27.0. The van der Waals surface area contributed by atoms with Gasteiger partial charge in [-0.05, 0) is 71.8 Å². The number of rotatable bonds is 8. The summed E-state index contributed by atoms with van der Waals surface area (Å²) < 4.78 is 11.7. The zero-order valence-corrected chi connectivity index (χ0v) is 21.7. The van der Waals surface area contributed by atoms with Crippen LogP contribution in [-0.2, 0) is 17.9 Å². The third-order valence-corrected chi connectivity index (χ3v) is 6.89. The van der Waals surface area contributed by atoms with Crippen molar-refractivity contribution >= 4 is 63.8 Å². The molecule has 3 aromatic rings. The molecular weight excluding hydrogens is 529 g/mol. The number of ether oxygens (including phenoxy) is 2. The summed E-state index contributed by atoms with van der Waals surface area (Å²) in [7, 11) is 0. The first-order valence-corrected chi connectivity index (χ1v) is 12.6. The molecule has 1 aliphatic rings. The molecule has 9 heteroatoms. The number of hydrogen-bond acceptors (Lipinski definition) is 5. The number of benzene rings is 3. The Bertz CT molecular complexity index is 1290. The van der Waals surface area contributed by atoms with Gasteiger partial charge in [0.1, 0.15) is 6.61 Å². The van der Waals surface area contributed by atoms with E-state index in [0.717, 1.165) is 17.3 Å². The van der Waals surface area contributed by atoms with Crippen molar-refractivity contribution in [2.24, 2.45) is 0 Å². The van der Waals surface area contributed by atoms with E-state index >= 15 is 0 Å². The van der Waals surface area contributed by atoms with Gasteiger partial charge in [0.25, 0.3) is 11.1 Å². The number of carbonyl (C=O) groups is 2. The van der Waals surface area contributed by atoms with Crippen molar-refractivity contribution in [3.63, 3.8) is 0 Å². The number of imide groups is 1. The van der Waals surface area contributed by atoms with Gasteiger partial charge in [0.2, 0.25) is 0 Å². The molecular formula is C26H20Cl3NO4S. The minimum absolute atomic E-state index is 0.101. The molecule has 1 saturated heterocycles. The normalized spacial score (nSPS) is 14.6. The summed E-state index contributed by atoms with van der Waals surface area (Å²) >= 11 is 19.5. The van der Waals surface area contributed by atoms with E-state index in [1.807, 2.05) is 25.1 Å². The predicted octanol–water partition coefficient (Wildman–Crippen LogP) is 7.86. The molecule has 4 rings (SSSR count). The van der Waals surface area contributed by atoms with Crippen LogP contribution in [-0.4, -0.2) is 22.7 Å². The van der Waals surface area contributed by atoms with Gasteiger partial charge < -0.3 is 9.47 Å². The molecule has 35 heavy (non-hydrogen) atoms. The van der Waals surface area contributed by atoms with E-state index in [-0.39, 0.29) is 23.3 Å². The Balaban J connectivity index is 1.55. The van der Waals surface area contributed by atoms with Gasteiger partial charge in [-0.3, -0.25) is 14.5 Å². The topological polar surface area (TPSA) is 55.8 Å². The number of halogens is 3. The molecule has 0 aliphatic carbocycles. The van der Waals surface area contributed by atoms with Crippen LogP contribution in [0.25, 0.3) is 6.08 Å². The summed E-state index contributed by atoms with van der Waals surface area (Å²) in [6.07, 6.45) is 1.62. The zero-order valence-electron chi connectivity index (χ0n) is 18.6. The fourth-order valence-corrected chi connectivity index (χ4v) is 4.83. The van der Waals surface area contributed by atoms with Crippen LogP contribution in [0.3, 0.4) is 0 Å². The number of carbonyl (C=O) groups excluding carboxylic acids is 2. The van der Waals surface area contributed by atoms with Crippen molar-refractivity contribution in [1.29, 1.82) is 0 Å². The lowest BCUT2D eigenvalue weighted by Gasteiger charge is -2.15. The van der Waals surface area contributed by atoms with Gasteiger partial charge in [0, 0.05) is 10.0 Å². The average Bonchev–Trinajstić information content (AvgIpc) is 3.08. The molecule has 0 unspecified atom stereocenters. The van der Waals surface area contributed by atoms with E-state index in [4.69, 9.17) is 44.3 Å². The lowest BCUT2D eigenvalue weighted by Crippen LogP contribution is -2.27. The molecule has 0 atom stereocenters. The smallest absolute Gasteiger partial charge is 0.293 e. The monoisotopic (exact) mass is 547 g/mol. The summed E-state index contributed by atoms with van der Waals surface area (Å²) in [5.74, 6) is 0.444. The predicted molar refractivity (Wildman–Crippen MR) is 141 cm³/mol. The molecule has 1 fully saturated rings. The lowest BCUT2D eigenvalue weighted by molar-refractivity contribution is -0.123. The second-order valence-electron chi connectivity index (χ2n) is 7.54. The fourth-order valence-electron chi connectivity index (χ4n) is 3.40. The van der Waals surface area contributed by atoms with Crippen LogP contribution in [0.1, 0.15) is 23.6 Å². The molecule has 2 amide bonds. The van der Waals surface area contributed by atoms with Crippen LogP contribution >= 0.6 is 46.6 Å². The first-order valence-electron chi connectivity index (χ1n) is 10.7. The van der Waals surface area contributed by atoms with Gasteiger partial charge in [-0.25, -0.2) is 0 Å². The van der Waals surface area contributed by atoms with Crippen molar-refractivity contribution in [2.75, 3.05) is 6.61 Å². The largest absolute Gasteiger partial charge is 0.490 e. The lowest BCUT2D eigenvalue weighted by atomic mass is 10.1.